The molecule has 3 atom stereocenters. The Hall–Kier alpha value is -2.89. The maximum Gasteiger partial charge on any atom is 0.325 e. The summed E-state index contributed by atoms with van der Waals surface area (Å²) in [6.45, 7) is 5.68. The summed E-state index contributed by atoms with van der Waals surface area (Å²) in [7, 11) is 0. The zero-order valence-electron chi connectivity index (χ0n) is 17.8. The molecule has 1 aliphatic carbocycles. The fourth-order valence-electron chi connectivity index (χ4n) is 5.23. The first-order valence-electron chi connectivity index (χ1n) is 10.8. The number of carbonyl (C=O) groups excluding carboxylic acids is 3. The highest BCUT2D eigenvalue weighted by Gasteiger charge is 2.58. The second-order valence-electron chi connectivity index (χ2n) is 8.78. The second kappa shape index (κ2) is 7.74. The Labute approximate surface area is 177 Å². The van der Waals surface area contributed by atoms with Gasteiger partial charge in [0.25, 0.3) is 5.91 Å². The van der Waals surface area contributed by atoms with Gasteiger partial charge in [0, 0.05) is 0 Å². The lowest BCUT2D eigenvalue weighted by Gasteiger charge is -2.42. The lowest BCUT2D eigenvalue weighted by Crippen LogP contribution is -2.59. The van der Waals surface area contributed by atoms with Gasteiger partial charge in [-0.05, 0) is 47.9 Å². The minimum Gasteiger partial charge on any atom is -0.348 e. The van der Waals surface area contributed by atoms with Gasteiger partial charge in [-0.1, -0.05) is 62.7 Å². The lowest BCUT2D eigenvalue weighted by molar-refractivity contribution is -0.139. The number of hydrogen-bond acceptors (Lipinski definition) is 3. The van der Waals surface area contributed by atoms with Crippen molar-refractivity contribution in [1.29, 1.82) is 0 Å². The molecule has 4 rings (SSSR count). The average Bonchev–Trinajstić information content (AvgIpc) is 2.97. The average molecular weight is 408 g/mol. The molecular formula is C24H29N3O3. The Balaban J connectivity index is 1.49. The van der Waals surface area contributed by atoms with Crippen LogP contribution in [0.3, 0.4) is 0 Å². The monoisotopic (exact) mass is 407 g/mol. The fraction of sp³-hybridized carbons (Fsp3) is 0.458. The second-order valence-corrected chi connectivity index (χ2v) is 8.78. The maximum atomic E-state index is 13.2. The van der Waals surface area contributed by atoms with Gasteiger partial charge >= 0.3 is 6.03 Å². The molecule has 1 saturated heterocycles. The Morgan fingerprint density at radius 3 is 2.53 bits per heavy atom. The van der Waals surface area contributed by atoms with Gasteiger partial charge < -0.3 is 10.6 Å². The molecule has 2 aliphatic rings. The molecule has 2 aromatic carbocycles. The van der Waals surface area contributed by atoms with Crippen LogP contribution in [0.25, 0.3) is 10.8 Å². The number of carbonyl (C=O) groups is 3. The van der Waals surface area contributed by atoms with Gasteiger partial charge in [0.1, 0.15) is 12.1 Å². The van der Waals surface area contributed by atoms with Crippen LogP contribution in [0.5, 0.6) is 0 Å². The van der Waals surface area contributed by atoms with E-state index in [1.165, 1.54) is 0 Å². The molecule has 1 heterocycles. The molecule has 0 aromatic heterocycles. The highest BCUT2D eigenvalue weighted by Crippen LogP contribution is 2.42. The zero-order valence-corrected chi connectivity index (χ0v) is 17.8. The van der Waals surface area contributed by atoms with E-state index in [0.717, 1.165) is 40.5 Å². The molecule has 158 valence electrons. The smallest absolute Gasteiger partial charge is 0.325 e. The number of benzene rings is 2. The van der Waals surface area contributed by atoms with E-state index in [2.05, 4.69) is 10.6 Å². The number of nitrogens with zero attached hydrogens (tertiary/aromatic N) is 1. The molecule has 2 N–H and O–H groups in total. The molecule has 1 aliphatic heterocycles. The maximum absolute atomic E-state index is 13.2. The van der Waals surface area contributed by atoms with Crippen LogP contribution in [0.1, 0.15) is 51.6 Å². The highest BCUT2D eigenvalue weighted by atomic mass is 16.2. The van der Waals surface area contributed by atoms with E-state index in [-0.39, 0.29) is 36.2 Å². The van der Waals surface area contributed by atoms with Gasteiger partial charge in [0.2, 0.25) is 5.91 Å². The number of hydrogen-bond donors (Lipinski definition) is 2. The largest absolute Gasteiger partial charge is 0.348 e. The zero-order chi connectivity index (χ0) is 21.5. The predicted molar refractivity (Wildman–Crippen MR) is 116 cm³/mol. The van der Waals surface area contributed by atoms with Crippen molar-refractivity contribution in [3.05, 3.63) is 48.0 Å². The first kappa shape index (κ1) is 20.4. The summed E-state index contributed by atoms with van der Waals surface area (Å²) in [5.41, 5.74) is 0.126. The number of rotatable bonds is 4. The molecule has 0 radical (unpaired) electrons. The van der Waals surface area contributed by atoms with Gasteiger partial charge in [-0.15, -0.1) is 0 Å². The normalized spacial score (nSPS) is 24.2. The van der Waals surface area contributed by atoms with Crippen molar-refractivity contribution in [3.63, 3.8) is 0 Å². The number of nitrogens with one attached hydrogen (secondary N) is 2. The molecule has 2 fully saturated rings. The molecule has 1 saturated carbocycles. The molecular weight excluding hydrogens is 378 g/mol. The van der Waals surface area contributed by atoms with Gasteiger partial charge in [-0.25, -0.2) is 4.79 Å². The van der Waals surface area contributed by atoms with E-state index in [4.69, 9.17) is 0 Å². The fourth-order valence-corrected chi connectivity index (χ4v) is 5.23. The van der Waals surface area contributed by atoms with E-state index in [0.29, 0.717) is 0 Å². The lowest BCUT2D eigenvalue weighted by atomic mass is 9.67. The van der Waals surface area contributed by atoms with Gasteiger partial charge in [-0.3, -0.25) is 14.5 Å². The molecule has 1 spiro atoms. The van der Waals surface area contributed by atoms with Crippen molar-refractivity contribution in [2.45, 2.75) is 51.6 Å². The minimum atomic E-state index is -0.878. The summed E-state index contributed by atoms with van der Waals surface area (Å²) < 4.78 is 0. The quantitative estimate of drug-likeness (QED) is 0.758. The molecule has 6 nitrogen and oxygen atoms in total. The number of amides is 4. The molecule has 0 unspecified atom stereocenters. The van der Waals surface area contributed by atoms with Gasteiger partial charge in [-0.2, -0.15) is 0 Å². The standard InChI is InChI=1S/C24H29N3O3/c1-15-8-6-9-16(2)24(15)22(29)27(23(30)26-24)14-21(28)25-17(3)19-13-7-11-18-10-4-5-12-20(18)19/h4-5,7,10-13,15-17H,6,8-9,14H2,1-3H3,(H,25,28)(H,26,30)/t15-,16-,17+/m1/s1. The van der Waals surface area contributed by atoms with Gasteiger partial charge in [0.05, 0.1) is 6.04 Å². The van der Waals surface area contributed by atoms with E-state index in [1.807, 2.05) is 63.2 Å². The number of imide groups is 1. The Bertz CT molecular complexity index is 987. The SMILES string of the molecule is C[C@H](NC(=O)CN1C(=O)NC2(C1=O)[C@H](C)CCC[C@H]2C)c1cccc2ccccc12. The Morgan fingerprint density at radius 1 is 1.13 bits per heavy atom. The predicted octanol–water partition coefficient (Wildman–Crippen LogP) is 3.76. The Morgan fingerprint density at radius 2 is 1.80 bits per heavy atom. The topological polar surface area (TPSA) is 78.5 Å². The van der Waals surface area contributed by atoms with Crippen molar-refractivity contribution in [2.24, 2.45) is 11.8 Å². The van der Waals surface area contributed by atoms with E-state index in [9.17, 15) is 14.4 Å². The summed E-state index contributed by atoms with van der Waals surface area (Å²) in [4.78, 5) is 39.7. The third kappa shape index (κ3) is 3.24. The molecule has 2 aromatic rings. The highest BCUT2D eigenvalue weighted by molar-refractivity contribution is 6.09. The van der Waals surface area contributed by atoms with E-state index < -0.39 is 11.6 Å². The van der Waals surface area contributed by atoms with Crippen molar-refractivity contribution >= 4 is 28.6 Å². The van der Waals surface area contributed by atoms with Crippen molar-refractivity contribution in [3.8, 4) is 0 Å². The van der Waals surface area contributed by atoms with Crippen molar-refractivity contribution in [2.75, 3.05) is 6.54 Å². The van der Waals surface area contributed by atoms with Crippen molar-refractivity contribution < 1.29 is 14.4 Å². The van der Waals surface area contributed by atoms with Crippen LogP contribution in [0.4, 0.5) is 4.79 Å². The summed E-state index contributed by atoms with van der Waals surface area (Å²) in [6, 6.07) is 13.3. The van der Waals surface area contributed by atoms with Crippen LogP contribution in [-0.2, 0) is 9.59 Å². The molecule has 30 heavy (non-hydrogen) atoms. The van der Waals surface area contributed by atoms with E-state index in [1.54, 1.807) is 0 Å². The van der Waals surface area contributed by atoms with Crippen LogP contribution in [-0.4, -0.2) is 34.8 Å². The number of urea groups is 1. The van der Waals surface area contributed by atoms with Crippen molar-refractivity contribution in [1.82, 2.24) is 15.5 Å². The Kier molecular flexibility index (Phi) is 5.26. The van der Waals surface area contributed by atoms with Crippen LogP contribution >= 0.6 is 0 Å². The van der Waals surface area contributed by atoms with E-state index >= 15 is 0 Å². The first-order chi connectivity index (χ1) is 14.3. The molecule has 4 amide bonds. The molecule has 0 bridgehead atoms. The van der Waals surface area contributed by atoms with Crippen LogP contribution in [0, 0.1) is 11.8 Å². The first-order valence-corrected chi connectivity index (χ1v) is 10.8. The summed E-state index contributed by atoms with van der Waals surface area (Å²) >= 11 is 0. The summed E-state index contributed by atoms with van der Waals surface area (Å²) in [5, 5.41) is 8.08. The van der Waals surface area contributed by atoms with Crippen LogP contribution < -0.4 is 10.6 Å². The van der Waals surface area contributed by atoms with Gasteiger partial charge in [0.15, 0.2) is 0 Å². The van der Waals surface area contributed by atoms with Crippen LogP contribution in [0.2, 0.25) is 0 Å². The number of fused-ring (bicyclic) bond motifs is 1. The molecule has 6 heteroatoms. The third-order valence-corrected chi connectivity index (χ3v) is 6.96. The van der Waals surface area contributed by atoms with Crippen LogP contribution in [0.15, 0.2) is 42.5 Å². The minimum absolute atomic E-state index is 0.0559. The summed E-state index contributed by atoms with van der Waals surface area (Å²) in [6.07, 6.45) is 2.85. The summed E-state index contributed by atoms with van der Waals surface area (Å²) in [5.74, 6) is -0.493. The third-order valence-electron chi connectivity index (χ3n) is 6.96.